The first-order valence-corrected chi connectivity index (χ1v) is 12.6. The van der Waals surface area contributed by atoms with Gasteiger partial charge >= 0.3 is 7.82 Å². The zero-order valence-corrected chi connectivity index (χ0v) is 21.4. The molecule has 32 heavy (non-hydrogen) atoms. The summed E-state index contributed by atoms with van der Waals surface area (Å²) in [7, 11) is -0.150. The van der Waals surface area contributed by atoms with Gasteiger partial charge in [0.1, 0.15) is 0 Å². The molecule has 0 bridgehead atoms. The maximum Gasteiger partial charge on any atom is 0.524 e. The van der Waals surface area contributed by atoms with Gasteiger partial charge in [-0.1, -0.05) is 24.6 Å². The molecule has 0 radical (unpaired) electrons. The fourth-order valence-corrected chi connectivity index (χ4v) is 4.27. The second kappa shape index (κ2) is 13.1. The molecule has 8 nitrogen and oxygen atoms in total. The van der Waals surface area contributed by atoms with E-state index in [9.17, 15) is 4.57 Å². The summed E-state index contributed by atoms with van der Waals surface area (Å²) in [5, 5.41) is 3.28. The molecule has 0 amide bonds. The molecule has 176 valence electrons. The highest BCUT2D eigenvalue weighted by Crippen LogP contribution is 2.42. The van der Waals surface area contributed by atoms with Gasteiger partial charge in [-0.25, -0.2) is 4.57 Å². The van der Waals surface area contributed by atoms with Crippen LogP contribution in [-0.2, 0) is 4.57 Å². The van der Waals surface area contributed by atoms with Crippen molar-refractivity contribution < 1.29 is 33.1 Å². The molecule has 2 aromatic carbocycles. The molecule has 3 rings (SSSR count). The van der Waals surface area contributed by atoms with Crippen LogP contribution in [0, 0.1) is 3.57 Å². The molecule has 0 saturated carbocycles. The van der Waals surface area contributed by atoms with Crippen LogP contribution < -0.4 is 24.1 Å². The Labute approximate surface area is 202 Å². The van der Waals surface area contributed by atoms with Crippen molar-refractivity contribution >= 4 is 42.6 Å². The Morgan fingerprint density at radius 3 is 2.00 bits per heavy atom. The van der Waals surface area contributed by atoms with E-state index in [4.69, 9.17) is 24.0 Å². The normalized spacial score (nSPS) is 13.8. The number of halogens is 1. The van der Waals surface area contributed by atoms with Gasteiger partial charge in [0.05, 0.1) is 24.9 Å². The highest BCUT2D eigenvalue weighted by Gasteiger charge is 2.19. The van der Waals surface area contributed by atoms with Crippen LogP contribution in [0.25, 0.3) is 12.2 Å². The quantitative estimate of drug-likeness (QED) is 0.247. The zero-order chi connectivity index (χ0) is 23.6. The van der Waals surface area contributed by atoms with Crippen LogP contribution in [0.2, 0.25) is 0 Å². The Bertz CT molecular complexity index is 946. The first kappa shape index (κ1) is 26.5. The molecule has 0 spiro atoms. The van der Waals surface area contributed by atoms with Gasteiger partial charge < -0.3 is 24.1 Å². The topological polar surface area (TPSA) is 106 Å². The van der Waals surface area contributed by atoms with Crippen LogP contribution in [0.4, 0.5) is 0 Å². The molecule has 1 fully saturated rings. The lowest BCUT2D eigenvalue weighted by molar-refractivity contribution is 0.276. The summed E-state index contributed by atoms with van der Waals surface area (Å²) in [5.41, 5.74) is 1.55. The minimum Gasteiger partial charge on any atom is -0.493 e. The van der Waals surface area contributed by atoms with Gasteiger partial charge in [0.2, 0.25) is 0 Å². The second-order valence-electron chi connectivity index (χ2n) is 6.87. The number of methoxy groups -OCH3 is 3. The van der Waals surface area contributed by atoms with Gasteiger partial charge in [0, 0.05) is 0 Å². The van der Waals surface area contributed by atoms with Crippen molar-refractivity contribution in [2.45, 2.75) is 19.3 Å². The monoisotopic (exact) mass is 577 g/mol. The Kier molecular flexibility index (Phi) is 10.8. The third-order valence-electron chi connectivity index (χ3n) is 4.54. The summed E-state index contributed by atoms with van der Waals surface area (Å²) < 4.78 is 32.4. The van der Waals surface area contributed by atoms with Crippen molar-refractivity contribution in [1.82, 2.24) is 5.32 Å². The number of phosphoric acid groups is 1. The number of hydrogen-bond acceptors (Lipinski definition) is 6. The van der Waals surface area contributed by atoms with Crippen molar-refractivity contribution in [2.24, 2.45) is 0 Å². The minimum atomic E-state index is -4.69. The smallest absolute Gasteiger partial charge is 0.493 e. The summed E-state index contributed by atoms with van der Waals surface area (Å²) in [6, 6.07) is 8.56. The molecule has 0 unspecified atom stereocenters. The van der Waals surface area contributed by atoms with E-state index < -0.39 is 7.82 Å². The molecule has 1 aliphatic rings. The van der Waals surface area contributed by atoms with E-state index in [-0.39, 0.29) is 11.5 Å². The maximum absolute atomic E-state index is 11.1. The van der Waals surface area contributed by atoms with Gasteiger partial charge in [-0.05, 0) is 83.9 Å². The van der Waals surface area contributed by atoms with Crippen LogP contribution in [0.15, 0.2) is 30.3 Å². The zero-order valence-electron chi connectivity index (χ0n) is 18.3. The Hall–Kier alpha value is -1.78. The van der Waals surface area contributed by atoms with E-state index in [1.54, 1.807) is 32.4 Å². The lowest BCUT2D eigenvalue weighted by atomic mass is 10.1. The number of benzene rings is 2. The lowest BCUT2D eigenvalue weighted by Crippen LogP contribution is -2.21. The fraction of sp³-hybridized carbons (Fsp3) is 0.364. The van der Waals surface area contributed by atoms with Gasteiger partial charge in [-0.15, -0.1) is 0 Å². The number of ether oxygens (including phenoxy) is 3. The molecule has 2 aromatic rings. The number of rotatable bonds is 7. The van der Waals surface area contributed by atoms with E-state index in [0.29, 0.717) is 17.1 Å². The standard InChI is InChI=1S/C17H18IO7P.C5H11N/c1-22-14-7-6-11(9-15(14)25-26(19,20)21)4-5-12-8-13(18)17(24-3)16(10-12)23-2;1-2-4-6-5-3-1/h4-10H,1-3H3,(H2,19,20,21);6H,1-5H2/b5-4-;. The lowest BCUT2D eigenvalue weighted by Gasteiger charge is -2.12. The second-order valence-corrected chi connectivity index (χ2v) is 9.20. The molecular formula is C22H29INO7P. The van der Waals surface area contributed by atoms with E-state index in [1.165, 1.54) is 45.5 Å². The number of piperidine rings is 1. The van der Waals surface area contributed by atoms with Crippen molar-refractivity contribution in [3.05, 3.63) is 45.0 Å². The predicted octanol–water partition coefficient (Wildman–Crippen LogP) is 4.72. The third-order valence-corrected chi connectivity index (χ3v) is 5.77. The van der Waals surface area contributed by atoms with E-state index in [1.807, 2.05) is 18.2 Å². The fourth-order valence-electron chi connectivity index (χ4n) is 3.02. The van der Waals surface area contributed by atoms with Crippen molar-refractivity contribution in [3.8, 4) is 23.0 Å². The van der Waals surface area contributed by atoms with E-state index in [0.717, 1.165) is 9.13 Å². The molecule has 0 aliphatic carbocycles. The molecule has 3 N–H and O–H groups in total. The SMILES string of the molecule is C1CCNCC1.COc1ccc(/C=C\c2cc(I)c(OC)c(OC)c2)cc1OP(=O)(O)O. The van der Waals surface area contributed by atoms with Crippen LogP contribution >= 0.6 is 30.4 Å². The number of hydrogen-bond donors (Lipinski definition) is 3. The summed E-state index contributed by atoms with van der Waals surface area (Å²) in [5.74, 6) is 1.46. The average Bonchev–Trinajstić information content (AvgIpc) is 2.78. The van der Waals surface area contributed by atoms with Gasteiger partial charge in [-0.2, -0.15) is 0 Å². The Morgan fingerprint density at radius 1 is 0.875 bits per heavy atom. The highest BCUT2D eigenvalue weighted by molar-refractivity contribution is 14.1. The maximum atomic E-state index is 11.1. The van der Waals surface area contributed by atoms with Gasteiger partial charge in [0.25, 0.3) is 0 Å². The highest BCUT2D eigenvalue weighted by atomic mass is 127. The first-order valence-electron chi connectivity index (χ1n) is 10.0. The third kappa shape index (κ3) is 8.63. The minimum absolute atomic E-state index is 0.0372. The summed E-state index contributed by atoms with van der Waals surface area (Å²) in [4.78, 5) is 18.0. The van der Waals surface area contributed by atoms with Crippen molar-refractivity contribution in [2.75, 3.05) is 34.4 Å². The van der Waals surface area contributed by atoms with Crippen LogP contribution in [-0.4, -0.2) is 44.2 Å². The van der Waals surface area contributed by atoms with Crippen LogP contribution in [0.5, 0.6) is 23.0 Å². The number of nitrogens with one attached hydrogen (secondary N) is 1. The first-order chi connectivity index (χ1) is 15.3. The van der Waals surface area contributed by atoms with Crippen molar-refractivity contribution in [3.63, 3.8) is 0 Å². The molecule has 1 heterocycles. The van der Waals surface area contributed by atoms with Crippen LogP contribution in [0.1, 0.15) is 30.4 Å². The Balaban J connectivity index is 0.000000520. The van der Waals surface area contributed by atoms with E-state index >= 15 is 0 Å². The van der Waals surface area contributed by atoms with Gasteiger partial charge in [0.15, 0.2) is 23.0 Å². The summed E-state index contributed by atoms with van der Waals surface area (Å²) in [6.07, 6.45) is 7.84. The molecule has 0 atom stereocenters. The Morgan fingerprint density at radius 2 is 1.50 bits per heavy atom. The molecular weight excluding hydrogens is 548 g/mol. The predicted molar refractivity (Wildman–Crippen MR) is 134 cm³/mol. The van der Waals surface area contributed by atoms with Gasteiger partial charge in [-0.3, -0.25) is 9.79 Å². The van der Waals surface area contributed by atoms with Crippen molar-refractivity contribution in [1.29, 1.82) is 0 Å². The number of phosphoric ester groups is 1. The molecule has 0 aromatic heterocycles. The molecule has 10 heteroatoms. The summed E-state index contributed by atoms with van der Waals surface area (Å²) >= 11 is 2.16. The largest absolute Gasteiger partial charge is 0.524 e. The molecule has 1 saturated heterocycles. The van der Waals surface area contributed by atoms with Crippen LogP contribution in [0.3, 0.4) is 0 Å². The van der Waals surface area contributed by atoms with E-state index in [2.05, 4.69) is 32.4 Å². The molecule has 1 aliphatic heterocycles. The summed E-state index contributed by atoms with van der Waals surface area (Å²) in [6.45, 7) is 2.50. The average molecular weight is 577 g/mol.